The maximum atomic E-state index is 6.85. The van der Waals surface area contributed by atoms with E-state index in [1.165, 1.54) is 31.3 Å². The van der Waals surface area contributed by atoms with Gasteiger partial charge >= 0.3 is 0 Å². The zero-order chi connectivity index (χ0) is 31.5. The number of ether oxygens (including phenoxy) is 1. The number of hydrogen-bond acceptors (Lipinski definition) is 4. The molecule has 9 rings (SSSR count). The van der Waals surface area contributed by atoms with E-state index in [0.717, 1.165) is 50.7 Å². The Hall–Kier alpha value is -5.58. The molecule has 3 heterocycles. The van der Waals surface area contributed by atoms with Gasteiger partial charge in [0.15, 0.2) is 5.82 Å². The molecule has 3 nitrogen and oxygen atoms in total. The van der Waals surface area contributed by atoms with Gasteiger partial charge in [0, 0.05) is 48.7 Å². The highest BCUT2D eigenvalue weighted by molar-refractivity contribution is 7.26. The zero-order valence-electron chi connectivity index (χ0n) is 26.1. The monoisotopic (exact) mass is 622 g/mol. The van der Waals surface area contributed by atoms with E-state index in [0.29, 0.717) is 5.82 Å². The van der Waals surface area contributed by atoms with Gasteiger partial charge in [-0.15, -0.1) is 11.3 Å². The molecule has 0 fully saturated rings. The highest BCUT2D eigenvalue weighted by Gasteiger charge is 2.36. The van der Waals surface area contributed by atoms with Gasteiger partial charge in [-0.2, -0.15) is 0 Å². The summed E-state index contributed by atoms with van der Waals surface area (Å²) in [5, 5.41) is 2.53. The molecule has 8 aromatic rings. The summed E-state index contributed by atoms with van der Waals surface area (Å²) >= 11 is 1.81. The first-order valence-electron chi connectivity index (χ1n) is 15.9. The lowest BCUT2D eigenvalue weighted by molar-refractivity contribution is 0.424. The third-order valence-corrected chi connectivity index (χ3v) is 10.5. The molecule has 224 valence electrons. The molecule has 4 heteroatoms. The van der Waals surface area contributed by atoms with Crippen LogP contribution in [0.1, 0.15) is 25.0 Å². The molecule has 0 spiro atoms. The predicted molar refractivity (Wildman–Crippen MR) is 195 cm³/mol. The zero-order valence-corrected chi connectivity index (χ0v) is 26.9. The summed E-state index contributed by atoms with van der Waals surface area (Å²) in [6.07, 6.45) is 0. The van der Waals surface area contributed by atoms with Crippen molar-refractivity contribution in [3.05, 3.63) is 157 Å². The van der Waals surface area contributed by atoms with Crippen LogP contribution in [0.15, 0.2) is 146 Å². The maximum absolute atomic E-state index is 6.85. The Morgan fingerprint density at radius 1 is 0.511 bits per heavy atom. The Morgan fingerprint density at radius 3 is 1.96 bits per heavy atom. The van der Waals surface area contributed by atoms with Crippen molar-refractivity contribution in [2.75, 3.05) is 0 Å². The average molecular weight is 623 g/mol. The van der Waals surface area contributed by atoms with Crippen molar-refractivity contribution in [3.8, 4) is 56.5 Å². The summed E-state index contributed by atoms with van der Waals surface area (Å²) in [4.78, 5) is 10.0. The molecule has 0 saturated carbocycles. The lowest BCUT2D eigenvalue weighted by atomic mass is 9.75. The molecule has 0 amide bonds. The van der Waals surface area contributed by atoms with E-state index in [1.54, 1.807) is 0 Å². The van der Waals surface area contributed by atoms with E-state index < -0.39 is 0 Å². The Bertz CT molecular complexity index is 2410. The van der Waals surface area contributed by atoms with Gasteiger partial charge in [-0.05, 0) is 35.4 Å². The first kappa shape index (κ1) is 27.7. The Morgan fingerprint density at radius 2 is 1.15 bits per heavy atom. The highest BCUT2D eigenvalue weighted by Crippen LogP contribution is 2.53. The second-order valence-corrected chi connectivity index (χ2v) is 13.7. The fourth-order valence-electron chi connectivity index (χ4n) is 6.84. The number of hydrogen-bond donors (Lipinski definition) is 0. The molecule has 1 aliphatic rings. The molecular formula is C43H30N2OS. The van der Waals surface area contributed by atoms with E-state index in [2.05, 4.69) is 123 Å². The number of rotatable bonds is 4. The second kappa shape index (κ2) is 10.8. The Kier molecular flexibility index (Phi) is 6.34. The molecule has 0 bridgehead atoms. The van der Waals surface area contributed by atoms with Crippen LogP contribution >= 0.6 is 11.3 Å². The van der Waals surface area contributed by atoms with Gasteiger partial charge in [0.05, 0.1) is 16.1 Å². The van der Waals surface area contributed by atoms with E-state index >= 15 is 0 Å². The van der Waals surface area contributed by atoms with Crippen LogP contribution in [0.2, 0.25) is 0 Å². The standard InChI is InChI=1S/C43H30N2OS/c1-43(2)34-22-20-30(25-38(34)46-40-35(43)23-21-33-32-18-9-10-19-39(32)47-41(33)40)29-16-11-17-31(24-29)37-26-36(27-12-5-3-6-13-27)44-42(45-37)28-14-7-4-8-15-28/h3-26H,1-2H3. The van der Waals surface area contributed by atoms with Crippen molar-refractivity contribution < 1.29 is 4.74 Å². The third kappa shape index (κ3) is 4.64. The van der Waals surface area contributed by atoms with Gasteiger partial charge < -0.3 is 4.74 Å². The summed E-state index contributed by atoms with van der Waals surface area (Å²) < 4.78 is 9.34. The Balaban J connectivity index is 1.14. The minimum Gasteiger partial charge on any atom is -0.455 e. The number of fused-ring (bicyclic) bond motifs is 6. The predicted octanol–water partition coefficient (Wildman–Crippen LogP) is 11.9. The summed E-state index contributed by atoms with van der Waals surface area (Å²) in [7, 11) is 0. The first-order valence-corrected chi connectivity index (χ1v) is 16.7. The molecule has 0 atom stereocenters. The van der Waals surface area contributed by atoms with E-state index in [-0.39, 0.29) is 5.41 Å². The molecule has 0 radical (unpaired) electrons. The number of benzene rings is 6. The van der Waals surface area contributed by atoms with Crippen LogP contribution in [-0.2, 0) is 5.41 Å². The topological polar surface area (TPSA) is 35.0 Å². The summed E-state index contributed by atoms with van der Waals surface area (Å²) in [6, 6.07) is 51.0. The molecule has 47 heavy (non-hydrogen) atoms. The van der Waals surface area contributed by atoms with E-state index in [1.807, 2.05) is 47.7 Å². The van der Waals surface area contributed by atoms with Gasteiger partial charge in [-0.3, -0.25) is 0 Å². The molecule has 1 aliphatic heterocycles. The fourth-order valence-corrected chi connectivity index (χ4v) is 8.03. The Labute approximate surface area is 277 Å². The molecule has 6 aromatic carbocycles. The SMILES string of the molecule is CC1(C)c2ccc(-c3cccc(-c4cc(-c5ccccc5)nc(-c5ccccc5)n4)c3)cc2Oc2c1ccc1c2sc2ccccc21. The van der Waals surface area contributed by atoms with Gasteiger partial charge in [0.25, 0.3) is 0 Å². The fraction of sp³-hybridized carbons (Fsp3) is 0.0698. The number of aromatic nitrogens is 2. The number of thiophene rings is 1. The quantitative estimate of drug-likeness (QED) is 0.196. The van der Waals surface area contributed by atoms with Crippen molar-refractivity contribution in [1.29, 1.82) is 0 Å². The lowest BCUT2D eigenvalue weighted by Crippen LogP contribution is -2.24. The van der Waals surface area contributed by atoms with Gasteiger partial charge in [-0.25, -0.2) is 9.97 Å². The summed E-state index contributed by atoms with van der Waals surface area (Å²) in [6.45, 7) is 4.60. The second-order valence-electron chi connectivity index (χ2n) is 12.6. The average Bonchev–Trinajstić information content (AvgIpc) is 3.51. The molecular weight excluding hydrogens is 593 g/mol. The molecule has 0 aliphatic carbocycles. The smallest absolute Gasteiger partial charge is 0.160 e. The van der Waals surface area contributed by atoms with Gasteiger partial charge in [0.1, 0.15) is 11.5 Å². The van der Waals surface area contributed by atoms with Crippen molar-refractivity contribution in [2.45, 2.75) is 19.3 Å². The molecule has 0 N–H and O–H groups in total. The normalized spacial score (nSPS) is 13.2. The lowest BCUT2D eigenvalue weighted by Gasteiger charge is -2.35. The highest BCUT2D eigenvalue weighted by atomic mass is 32.1. The van der Waals surface area contributed by atoms with Crippen molar-refractivity contribution in [3.63, 3.8) is 0 Å². The summed E-state index contributed by atoms with van der Waals surface area (Å²) in [5.74, 6) is 2.60. The van der Waals surface area contributed by atoms with Crippen LogP contribution in [-0.4, -0.2) is 9.97 Å². The molecule has 2 aromatic heterocycles. The van der Waals surface area contributed by atoms with Crippen molar-refractivity contribution in [1.82, 2.24) is 9.97 Å². The van der Waals surface area contributed by atoms with Crippen LogP contribution in [0.3, 0.4) is 0 Å². The van der Waals surface area contributed by atoms with Crippen LogP contribution in [0.4, 0.5) is 0 Å². The van der Waals surface area contributed by atoms with Crippen molar-refractivity contribution in [2.24, 2.45) is 0 Å². The van der Waals surface area contributed by atoms with Crippen LogP contribution in [0.5, 0.6) is 11.5 Å². The van der Waals surface area contributed by atoms with Crippen molar-refractivity contribution >= 4 is 31.5 Å². The largest absolute Gasteiger partial charge is 0.455 e. The van der Waals surface area contributed by atoms with Crippen LogP contribution in [0, 0.1) is 0 Å². The number of nitrogens with zero attached hydrogens (tertiary/aromatic N) is 2. The van der Waals surface area contributed by atoms with E-state index in [9.17, 15) is 0 Å². The van der Waals surface area contributed by atoms with E-state index in [4.69, 9.17) is 14.7 Å². The minimum absolute atomic E-state index is 0.198. The summed E-state index contributed by atoms with van der Waals surface area (Å²) in [5.41, 5.74) is 9.31. The third-order valence-electron chi connectivity index (χ3n) is 9.36. The first-order chi connectivity index (χ1) is 23.0. The minimum atomic E-state index is -0.198. The van der Waals surface area contributed by atoms with Crippen LogP contribution in [0.25, 0.3) is 65.2 Å². The molecule has 0 unspecified atom stereocenters. The van der Waals surface area contributed by atoms with Crippen LogP contribution < -0.4 is 4.74 Å². The maximum Gasteiger partial charge on any atom is 0.160 e. The molecule has 0 saturated heterocycles. The van der Waals surface area contributed by atoms with Gasteiger partial charge in [0.2, 0.25) is 0 Å². The van der Waals surface area contributed by atoms with Gasteiger partial charge in [-0.1, -0.05) is 135 Å².